The summed E-state index contributed by atoms with van der Waals surface area (Å²) < 4.78 is 27.4. The lowest BCUT2D eigenvalue weighted by Crippen LogP contribution is -2.33. The van der Waals surface area contributed by atoms with E-state index in [4.69, 9.17) is 0 Å². The lowest BCUT2D eigenvalue weighted by molar-refractivity contribution is 0.369. The molecule has 0 aromatic heterocycles. The molecule has 24 heavy (non-hydrogen) atoms. The van der Waals surface area contributed by atoms with E-state index >= 15 is 0 Å². The van der Waals surface area contributed by atoms with Gasteiger partial charge in [0.05, 0.1) is 4.90 Å². The van der Waals surface area contributed by atoms with Crippen molar-refractivity contribution in [1.82, 2.24) is 4.72 Å². The largest absolute Gasteiger partial charge is 0.240 e. The van der Waals surface area contributed by atoms with Crippen LogP contribution in [0.4, 0.5) is 0 Å². The van der Waals surface area contributed by atoms with Crippen molar-refractivity contribution < 1.29 is 8.42 Å². The molecule has 128 valence electrons. The van der Waals surface area contributed by atoms with E-state index in [1.807, 2.05) is 49.4 Å². The molecule has 1 N–H and O–H groups in total. The van der Waals surface area contributed by atoms with Crippen molar-refractivity contribution in [3.05, 3.63) is 71.8 Å². The van der Waals surface area contributed by atoms with Gasteiger partial charge in [-0.2, -0.15) is 0 Å². The van der Waals surface area contributed by atoms with Gasteiger partial charge in [-0.1, -0.05) is 74.0 Å². The highest BCUT2D eigenvalue weighted by atomic mass is 32.2. The van der Waals surface area contributed by atoms with Crippen LogP contribution in [0.5, 0.6) is 0 Å². The second-order valence-electron chi connectivity index (χ2n) is 6.82. The smallest absolute Gasteiger partial charge is 0.211 e. The second-order valence-corrected chi connectivity index (χ2v) is 8.59. The molecule has 0 saturated heterocycles. The van der Waals surface area contributed by atoms with Crippen LogP contribution in [0, 0.1) is 12.3 Å². The topological polar surface area (TPSA) is 46.2 Å². The number of rotatable bonds is 7. The zero-order chi connectivity index (χ0) is 17.6. The van der Waals surface area contributed by atoms with E-state index in [1.54, 1.807) is 12.1 Å². The molecule has 2 aromatic carbocycles. The first-order chi connectivity index (χ1) is 11.3. The van der Waals surface area contributed by atoms with Gasteiger partial charge in [0, 0.05) is 6.54 Å². The molecule has 0 radical (unpaired) electrons. The van der Waals surface area contributed by atoms with Crippen molar-refractivity contribution in [2.45, 2.75) is 32.1 Å². The Morgan fingerprint density at radius 1 is 1.00 bits per heavy atom. The second kappa shape index (κ2) is 7.77. The first-order valence-corrected chi connectivity index (χ1v) is 9.55. The van der Waals surface area contributed by atoms with Gasteiger partial charge in [0.15, 0.2) is 0 Å². The van der Waals surface area contributed by atoms with Crippen molar-refractivity contribution in [3.63, 3.8) is 0 Å². The fraction of sp³-hybridized carbons (Fsp3) is 0.300. The Kier molecular flexibility index (Phi) is 5.97. The first-order valence-electron chi connectivity index (χ1n) is 8.06. The van der Waals surface area contributed by atoms with Gasteiger partial charge in [-0.15, -0.1) is 0 Å². The van der Waals surface area contributed by atoms with Gasteiger partial charge in [-0.25, -0.2) is 13.1 Å². The molecule has 4 heteroatoms. The SMILES string of the molecule is Cc1ccc(S(=O)(=O)NCC(C)(C)CC=Cc2ccccc2)cc1. The van der Waals surface area contributed by atoms with Crippen molar-refractivity contribution >= 4 is 16.1 Å². The number of sulfonamides is 1. The zero-order valence-corrected chi connectivity index (χ0v) is 15.3. The molecule has 0 atom stereocenters. The Bertz CT molecular complexity index is 776. The number of nitrogens with one attached hydrogen (secondary N) is 1. The number of hydrogen-bond acceptors (Lipinski definition) is 2. The average molecular weight is 343 g/mol. The summed E-state index contributed by atoms with van der Waals surface area (Å²) in [6.07, 6.45) is 4.95. The molecule has 0 spiro atoms. The highest BCUT2D eigenvalue weighted by Gasteiger charge is 2.21. The zero-order valence-electron chi connectivity index (χ0n) is 14.5. The minimum absolute atomic E-state index is 0.164. The van der Waals surface area contributed by atoms with E-state index in [9.17, 15) is 8.42 Å². The molecule has 3 nitrogen and oxygen atoms in total. The Balaban J connectivity index is 1.94. The van der Waals surface area contributed by atoms with Gasteiger partial charge in [0.25, 0.3) is 0 Å². The van der Waals surface area contributed by atoms with Gasteiger partial charge >= 0.3 is 0 Å². The van der Waals surface area contributed by atoms with Crippen molar-refractivity contribution in [2.75, 3.05) is 6.54 Å². The standard InChI is InChI=1S/C20H25NO2S/c1-17-11-13-19(14-12-17)24(22,23)21-16-20(2,3)15-7-10-18-8-5-4-6-9-18/h4-14,21H,15-16H2,1-3H3. The summed E-state index contributed by atoms with van der Waals surface area (Å²) in [5, 5.41) is 0. The average Bonchev–Trinajstić information content (AvgIpc) is 2.55. The minimum atomic E-state index is -3.46. The van der Waals surface area contributed by atoms with Gasteiger partial charge in [0.2, 0.25) is 10.0 Å². The van der Waals surface area contributed by atoms with Crippen LogP contribution in [0.15, 0.2) is 65.6 Å². The van der Waals surface area contributed by atoms with Crippen molar-refractivity contribution in [2.24, 2.45) is 5.41 Å². The highest BCUT2D eigenvalue weighted by Crippen LogP contribution is 2.22. The van der Waals surface area contributed by atoms with Crippen LogP contribution in [0.3, 0.4) is 0 Å². The number of benzene rings is 2. The molecular formula is C20H25NO2S. The van der Waals surface area contributed by atoms with E-state index in [1.165, 1.54) is 0 Å². The maximum absolute atomic E-state index is 12.4. The molecule has 0 aliphatic carbocycles. The Labute approximate surface area is 145 Å². The quantitative estimate of drug-likeness (QED) is 0.810. The summed E-state index contributed by atoms with van der Waals surface area (Å²) in [6.45, 7) is 6.44. The van der Waals surface area contributed by atoms with Crippen LogP contribution < -0.4 is 4.72 Å². The molecule has 0 unspecified atom stereocenters. The van der Waals surface area contributed by atoms with Crippen molar-refractivity contribution in [3.8, 4) is 0 Å². The normalized spacial score (nSPS) is 12.6. The Hall–Kier alpha value is -1.91. The van der Waals surface area contributed by atoms with E-state index in [0.717, 1.165) is 17.5 Å². The summed E-state index contributed by atoms with van der Waals surface area (Å²) in [5.74, 6) is 0. The van der Waals surface area contributed by atoms with E-state index < -0.39 is 10.0 Å². The Morgan fingerprint density at radius 2 is 1.62 bits per heavy atom. The molecule has 0 fully saturated rings. The summed E-state index contributed by atoms with van der Waals surface area (Å²) in [5.41, 5.74) is 2.03. The Morgan fingerprint density at radius 3 is 2.25 bits per heavy atom. The van der Waals surface area contributed by atoms with E-state index in [0.29, 0.717) is 11.4 Å². The summed E-state index contributed by atoms with van der Waals surface area (Å²) in [6, 6.07) is 17.0. The van der Waals surface area contributed by atoms with Crippen LogP contribution in [0.1, 0.15) is 31.4 Å². The van der Waals surface area contributed by atoms with Gasteiger partial charge < -0.3 is 0 Å². The van der Waals surface area contributed by atoms with Crippen LogP contribution in [0.2, 0.25) is 0 Å². The highest BCUT2D eigenvalue weighted by molar-refractivity contribution is 7.89. The summed E-state index contributed by atoms with van der Waals surface area (Å²) in [7, 11) is -3.46. The molecule has 0 amide bonds. The predicted octanol–water partition coefficient (Wildman–Crippen LogP) is 4.40. The fourth-order valence-corrected chi connectivity index (χ4v) is 3.48. The lowest BCUT2D eigenvalue weighted by atomic mass is 9.89. The molecule has 0 aliphatic rings. The third-order valence-electron chi connectivity index (χ3n) is 3.85. The molecular weight excluding hydrogens is 318 g/mol. The van der Waals surface area contributed by atoms with Gasteiger partial charge in [0.1, 0.15) is 0 Å². The third-order valence-corrected chi connectivity index (χ3v) is 5.27. The van der Waals surface area contributed by atoms with E-state index in [-0.39, 0.29) is 5.41 Å². The maximum Gasteiger partial charge on any atom is 0.240 e. The molecule has 0 bridgehead atoms. The van der Waals surface area contributed by atoms with Crippen LogP contribution in [0.25, 0.3) is 6.08 Å². The minimum Gasteiger partial charge on any atom is -0.211 e. The van der Waals surface area contributed by atoms with Crippen LogP contribution in [-0.4, -0.2) is 15.0 Å². The predicted molar refractivity (Wildman–Crippen MR) is 100 cm³/mol. The maximum atomic E-state index is 12.4. The lowest BCUT2D eigenvalue weighted by Gasteiger charge is -2.23. The van der Waals surface area contributed by atoms with E-state index in [2.05, 4.69) is 30.7 Å². The van der Waals surface area contributed by atoms with Crippen LogP contribution >= 0.6 is 0 Å². The molecule has 0 aliphatic heterocycles. The number of aryl methyl sites for hydroxylation is 1. The molecule has 2 aromatic rings. The summed E-state index contributed by atoms with van der Waals surface area (Å²) in [4.78, 5) is 0.309. The monoisotopic (exact) mass is 343 g/mol. The van der Waals surface area contributed by atoms with Crippen LogP contribution in [-0.2, 0) is 10.0 Å². The molecule has 0 heterocycles. The third kappa shape index (κ3) is 5.62. The summed E-state index contributed by atoms with van der Waals surface area (Å²) >= 11 is 0. The number of hydrogen-bond donors (Lipinski definition) is 1. The molecule has 0 saturated carbocycles. The molecule has 2 rings (SSSR count). The van der Waals surface area contributed by atoms with Gasteiger partial charge in [-0.3, -0.25) is 0 Å². The van der Waals surface area contributed by atoms with Gasteiger partial charge in [-0.05, 0) is 36.5 Å². The number of allylic oxidation sites excluding steroid dienone is 1. The fourth-order valence-electron chi connectivity index (χ4n) is 2.24. The van der Waals surface area contributed by atoms with Crippen molar-refractivity contribution in [1.29, 1.82) is 0 Å². The first kappa shape index (κ1) is 18.4.